The van der Waals surface area contributed by atoms with E-state index in [2.05, 4.69) is 34.3 Å². The van der Waals surface area contributed by atoms with Crippen LogP contribution in [0.25, 0.3) is 11.1 Å². The van der Waals surface area contributed by atoms with Crippen molar-refractivity contribution in [1.29, 1.82) is 0 Å². The highest BCUT2D eigenvalue weighted by Crippen LogP contribution is 2.44. The van der Waals surface area contributed by atoms with Crippen LogP contribution in [0.15, 0.2) is 24.5 Å². The fourth-order valence-electron chi connectivity index (χ4n) is 4.74. The third-order valence-electron chi connectivity index (χ3n) is 6.78. The number of methoxy groups -OCH3 is 1. The molecule has 3 aliphatic rings. The average Bonchev–Trinajstić information content (AvgIpc) is 3.41. The lowest BCUT2D eigenvalue weighted by Gasteiger charge is -2.37. The molecule has 160 valence electrons. The van der Waals surface area contributed by atoms with Crippen molar-refractivity contribution in [3.63, 3.8) is 0 Å². The molecule has 2 fully saturated rings. The van der Waals surface area contributed by atoms with Gasteiger partial charge in [-0.15, -0.1) is 0 Å². The summed E-state index contributed by atoms with van der Waals surface area (Å²) in [5.74, 6) is 0.919. The Balaban J connectivity index is 1.56. The molecule has 1 aromatic carbocycles. The lowest BCUT2D eigenvalue weighted by molar-refractivity contribution is 0.119. The number of aromatic nitrogens is 2. The lowest BCUT2D eigenvalue weighted by Crippen LogP contribution is -2.42. The smallest absolute Gasteiger partial charge is 0.414 e. The van der Waals surface area contributed by atoms with Gasteiger partial charge in [-0.2, -0.15) is 5.10 Å². The van der Waals surface area contributed by atoms with E-state index < -0.39 is 0 Å². The molecule has 1 aliphatic carbocycles. The first-order chi connectivity index (χ1) is 14.7. The summed E-state index contributed by atoms with van der Waals surface area (Å²) in [6.07, 6.45) is 10.3. The number of carbonyl (C=O) groups excluding carboxylic acids is 1. The van der Waals surface area contributed by atoms with E-state index in [9.17, 15) is 4.79 Å². The summed E-state index contributed by atoms with van der Waals surface area (Å²) in [5, 5.41) is 8.05. The van der Waals surface area contributed by atoms with E-state index in [1.54, 1.807) is 4.90 Å². The van der Waals surface area contributed by atoms with Gasteiger partial charge in [-0.05, 0) is 64.1 Å². The molecule has 1 N–H and O–H groups in total. The van der Waals surface area contributed by atoms with Gasteiger partial charge in [-0.1, -0.05) is 0 Å². The molecule has 7 nitrogen and oxygen atoms in total. The number of fused-ring (bicyclic) bond motifs is 1. The fraction of sp³-hybridized carbons (Fsp3) is 0.565. The number of ether oxygens (including phenoxy) is 2. The minimum absolute atomic E-state index is 0.102. The van der Waals surface area contributed by atoms with Gasteiger partial charge in [0, 0.05) is 35.5 Å². The molecule has 2 unspecified atom stereocenters. The van der Waals surface area contributed by atoms with Crippen molar-refractivity contribution in [2.45, 2.75) is 63.6 Å². The first-order valence-corrected chi connectivity index (χ1v) is 11.1. The average molecular weight is 411 g/mol. The maximum absolute atomic E-state index is 12.5. The van der Waals surface area contributed by atoms with Crippen LogP contribution in [-0.4, -0.2) is 48.2 Å². The second-order valence-corrected chi connectivity index (χ2v) is 8.69. The van der Waals surface area contributed by atoms with Crippen molar-refractivity contribution in [2.75, 3.05) is 25.1 Å². The zero-order chi connectivity index (χ0) is 20.7. The summed E-state index contributed by atoms with van der Waals surface area (Å²) in [7, 11) is 1.44. The molecule has 1 saturated heterocycles. The van der Waals surface area contributed by atoms with E-state index in [1.807, 2.05) is 12.3 Å². The van der Waals surface area contributed by atoms with Crippen LogP contribution in [-0.2, 0) is 11.2 Å². The van der Waals surface area contributed by atoms with Crippen LogP contribution in [0.1, 0.15) is 50.6 Å². The Morgan fingerprint density at radius 2 is 2.10 bits per heavy atom. The van der Waals surface area contributed by atoms with Crippen LogP contribution in [0.2, 0.25) is 0 Å². The molecule has 7 heteroatoms. The number of hydrogen-bond acceptors (Lipinski definition) is 5. The topological polar surface area (TPSA) is 68.6 Å². The zero-order valence-corrected chi connectivity index (χ0v) is 17.8. The molecular weight excluding hydrogens is 380 g/mol. The van der Waals surface area contributed by atoms with Gasteiger partial charge in [0.25, 0.3) is 0 Å². The Labute approximate surface area is 177 Å². The van der Waals surface area contributed by atoms with Gasteiger partial charge < -0.3 is 14.8 Å². The maximum Gasteiger partial charge on any atom is 0.414 e. The number of rotatable bonds is 4. The first-order valence-electron chi connectivity index (χ1n) is 11.1. The highest BCUT2D eigenvalue weighted by molar-refractivity contribution is 5.92. The van der Waals surface area contributed by atoms with Crippen molar-refractivity contribution < 1.29 is 14.3 Å². The van der Waals surface area contributed by atoms with Crippen LogP contribution < -0.4 is 15.0 Å². The Morgan fingerprint density at radius 3 is 2.80 bits per heavy atom. The number of hydrogen-bond donors (Lipinski definition) is 1. The number of benzene rings is 1. The minimum atomic E-state index is -0.313. The Hall–Kier alpha value is -2.54. The molecule has 1 amide bonds. The van der Waals surface area contributed by atoms with Gasteiger partial charge in [0.15, 0.2) is 0 Å². The molecular formula is C23H30N4O3. The molecule has 2 atom stereocenters. The SMILES string of the molecule is COC(=O)N1c2ccc(-c3cnn(C4CCNC4)c3)c(OC3CCC3)c2CCC1C. The predicted octanol–water partition coefficient (Wildman–Crippen LogP) is 3.92. The number of nitrogens with one attached hydrogen (secondary N) is 1. The number of nitrogens with zero attached hydrogens (tertiary/aromatic N) is 3. The molecule has 30 heavy (non-hydrogen) atoms. The van der Waals surface area contributed by atoms with E-state index in [0.29, 0.717) is 6.04 Å². The van der Waals surface area contributed by atoms with E-state index in [-0.39, 0.29) is 18.2 Å². The molecule has 1 aromatic heterocycles. The predicted molar refractivity (Wildman–Crippen MR) is 115 cm³/mol. The second kappa shape index (κ2) is 7.95. The Morgan fingerprint density at radius 1 is 1.23 bits per heavy atom. The molecule has 0 radical (unpaired) electrons. The lowest BCUT2D eigenvalue weighted by atomic mass is 9.91. The maximum atomic E-state index is 12.5. The standard InChI is InChI=1S/C23H30N4O3/c1-15-6-7-20-21(27(15)23(28)29-2)9-8-19(22(20)30-18-4-3-5-18)16-12-25-26(14-16)17-10-11-24-13-17/h8-9,12,14-15,17-18,24H,3-7,10-11,13H2,1-2H3. The van der Waals surface area contributed by atoms with E-state index in [4.69, 9.17) is 9.47 Å². The van der Waals surface area contributed by atoms with Crippen molar-refractivity contribution in [2.24, 2.45) is 0 Å². The summed E-state index contributed by atoms with van der Waals surface area (Å²) in [6.45, 7) is 4.07. The van der Waals surface area contributed by atoms with Crippen LogP contribution in [0.4, 0.5) is 10.5 Å². The fourth-order valence-corrected chi connectivity index (χ4v) is 4.74. The Kier molecular flexibility index (Phi) is 5.15. The molecule has 0 spiro atoms. The summed E-state index contributed by atoms with van der Waals surface area (Å²) >= 11 is 0. The van der Waals surface area contributed by atoms with Gasteiger partial charge >= 0.3 is 6.09 Å². The van der Waals surface area contributed by atoms with Crippen molar-refractivity contribution >= 4 is 11.8 Å². The molecule has 2 aromatic rings. The minimum Gasteiger partial charge on any atom is -0.489 e. The van der Waals surface area contributed by atoms with E-state index in [1.165, 1.54) is 13.5 Å². The van der Waals surface area contributed by atoms with E-state index >= 15 is 0 Å². The third-order valence-corrected chi connectivity index (χ3v) is 6.78. The molecule has 0 bridgehead atoms. The monoisotopic (exact) mass is 410 g/mol. The van der Waals surface area contributed by atoms with Crippen LogP contribution >= 0.6 is 0 Å². The van der Waals surface area contributed by atoms with Crippen molar-refractivity contribution in [3.8, 4) is 16.9 Å². The van der Waals surface area contributed by atoms with Gasteiger partial charge in [-0.25, -0.2) is 4.79 Å². The van der Waals surface area contributed by atoms with Gasteiger partial charge in [0.1, 0.15) is 5.75 Å². The molecule has 3 heterocycles. The van der Waals surface area contributed by atoms with Gasteiger partial charge in [0.2, 0.25) is 0 Å². The second-order valence-electron chi connectivity index (χ2n) is 8.69. The first kappa shape index (κ1) is 19.4. The van der Waals surface area contributed by atoms with Crippen LogP contribution in [0.5, 0.6) is 5.75 Å². The number of carbonyl (C=O) groups is 1. The summed E-state index contributed by atoms with van der Waals surface area (Å²) in [4.78, 5) is 14.3. The van der Waals surface area contributed by atoms with Crippen molar-refractivity contribution in [1.82, 2.24) is 15.1 Å². The molecule has 5 rings (SSSR count). The van der Waals surface area contributed by atoms with E-state index in [0.717, 1.165) is 73.3 Å². The number of amides is 1. The summed E-state index contributed by atoms with van der Waals surface area (Å²) in [5.41, 5.74) is 4.16. The Bertz CT molecular complexity index is 931. The quantitative estimate of drug-likeness (QED) is 0.827. The zero-order valence-electron chi connectivity index (χ0n) is 17.8. The highest BCUT2D eigenvalue weighted by Gasteiger charge is 2.33. The summed E-state index contributed by atoms with van der Waals surface area (Å²) < 4.78 is 13.7. The normalized spacial score (nSPS) is 23.7. The van der Waals surface area contributed by atoms with Crippen LogP contribution in [0, 0.1) is 0 Å². The third kappa shape index (κ3) is 3.35. The largest absolute Gasteiger partial charge is 0.489 e. The van der Waals surface area contributed by atoms with Gasteiger partial charge in [0.05, 0.1) is 31.1 Å². The highest BCUT2D eigenvalue weighted by atomic mass is 16.5. The van der Waals surface area contributed by atoms with Crippen LogP contribution in [0.3, 0.4) is 0 Å². The van der Waals surface area contributed by atoms with Gasteiger partial charge in [-0.3, -0.25) is 9.58 Å². The molecule has 1 saturated carbocycles. The summed E-state index contributed by atoms with van der Waals surface area (Å²) in [6, 6.07) is 4.63. The number of anilines is 1. The molecule has 2 aliphatic heterocycles. The van der Waals surface area contributed by atoms with Crippen molar-refractivity contribution in [3.05, 3.63) is 30.1 Å².